The van der Waals surface area contributed by atoms with Gasteiger partial charge in [0.15, 0.2) is 0 Å². The fourth-order valence-corrected chi connectivity index (χ4v) is 3.20. The number of nitro benzene ring substituents is 1. The van der Waals surface area contributed by atoms with Crippen LogP contribution in [-0.2, 0) is 10.0 Å². The molecule has 0 bridgehead atoms. The van der Waals surface area contributed by atoms with Gasteiger partial charge in [-0.05, 0) is 18.2 Å². The summed E-state index contributed by atoms with van der Waals surface area (Å²) in [6.07, 6.45) is -4.94. The van der Waals surface area contributed by atoms with Crippen molar-refractivity contribution in [1.82, 2.24) is 0 Å². The van der Waals surface area contributed by atoms with E-state index in [2.05, 4.69) is 4.74 Å². The van der Waals surface area contributed by atoms with Crippen LogP contribution in [0.3, 0.4) is 0 Å². The summed E-state index contributed by atoms with van der Waals surface area (Å²) in [5.74, 6) is -0.811. The van der Waals surface area contributed by atoms with Crippen LogP contribution in [0.5, 0.6) is 11.5 Å². The van der Waals surface area contributed by atoms with Gasteiger partial charge in [-0.15, -0.1) is 13.2 Å². The Morgan fingerprint density at radius 1 is 1.15 bits per heavy atom. The minimum absolute atomic E-state index is 0.175. The highest BCUT2D eigenvalue weighted by Crippen LogP contribution is 2.31. The molecule has 2 rings (SSSR count). The molecule has 0 saturated carbocycles. The van der Waals surface area contributed by atoms with Gasteiger partial charge in [0.1, 0.15) is 16.4 Å². The average molecular weight is 392 g/mol. The van der Waals surface area contributed by atoms with Crippen molar-refractivity contribution >= 4 is 21.4 Å². The molecule has 0 aliphatic rings. The molecule has 0 aromatic heterocycles. The highest BCUT2D eigenvalue weighted by molar-refractivity contribution is 7.92. The molecule has 8 nitrogen and oxygen atoms in total. The second kappa shape index (κ2) is 7.07. The summed E-state index contributed by atoms with van der Waals surface area (Å²) in [6, 6.07) is 7.05. The van der Waals surface area contributed by atoms with Gasteiger partial charge in [0.2, 0.25) is 0 Å². The van der Waals surface area contributed by atoms with Crippen molar-refractivity contribution < 1.29 is 36.0 Å². The van der Waals surface area contributed by atoms with E-state index in [9.17, 15) is 31.7 Å². The van der Waals surface area contributed by atoms with Crippen molar-refractivity contribution in [2.75, 3.05) is 11.8 Å². The summed E-state index contributed by atoms with van der Waals surface area (Å²) >= 11 is 0. The normalized spacial score (nSPS) is 11.7. The van der Waals surface area contributed by atoms with E-state index < -0.39 is 37.6 Å². The fourth-order valence-electron chi connectivity index (χ4n) is 1.96. The Balaban J connectivity index is 2.39. The number of rotatable bonds is 6. The minimum Gasteiger partial charge on any atom is -0.495 e. The second-order valence-electron chi connectivity index (χ2n) is 4.77. The molecule has 2 aromatic carbocycles. The lowest BCUT2D eigenvalue weighted by molar-refractivity contribution is -0.385. The molecule has 0 atom stereocenters. The summed E-state index contributed by atoms with van der Waals surface area (Å²) < 4.78 is 72.3. The topological polar surface area (TPSA) is 108 Å². The second-order valence-corrected chi connectivity index (χ2v) is 6.42. The third kappa shape index (κ3) is 4.75. The number of sulfonamides is 1. The lowest BCUT2D eigenvalue weighted by atomic mass is 10.3. The fraction of sp³-hybridized carbons (Fsp3) is 0.143. The standard InChI is InChI=1S/C14H11F3N2O6S/c1-24-12-6-5-10(19(20)21)8-13(12)26(22,23)18-9-3-2-4-11(7-9)25-14(15,16)17/h2-8,18H,1H3. The van der Waals surface area contributed by atoms with E-state index in [0.717, 1.165) is 43.5 Å². The smallest absolute Gasteiger partial charge is 0.495 e. The first-order valence-electron chi connectivity index (χ1n) is 6.73. The number of methoxy groups -OCH3 is 1. The molecule has 2 aromatic rings. The third-order valence-electron chi connectivity index (χ3n) is 2.97. The van der Waals surface area contributed by atoms with Crippen LogP contribution in [0, 0.1) is 10.1 Å². The molecular formula is C14H11F3N2O6S. The predicted octanol–water partition coefficient (Wildman–Crippen LogP) is 3.30. The molecule has 0 heterocycles. The van der Waals surface area contributed by atoms with Crippen LogP contribution in [0.1, 0.15) is 0 Å². The Bertz CT molecular complexity index is 931. The Kier molecular flexibility index (Phi) is 5.25. The van der Waals surface area contributed by atoms with E-state index in [1.807, 2.05) is 4.72 Å². The highest BCUT2D eigenvalue weighted by atomic mass is 32.2. The van der Waals surface area contributed by atoms with E-state index in [1.165, 1.54) is 6.07 Å². The van der Waals surface area contributed by atoms with Gasteiger partial charge in [0, 0.05) is 18.2 Å². The lowest BCUT2D eigenvalue weighted by Crippen LogP contribution is -2.18. The Morgan fingerprint density at radius 3 is 2.42 bits per heavy atom. The van der Waals surface area contributed by atoms with Gasteiger partial charge < -0.3 is 9.47 Å². The van der Waals surface area contributed by atoms with Gasteiger partial charge in [0.05, 0.1) is 17.7 Å². The van der Waals surface area contributed by atoms with Crippen LogP contribution in [0.2, 0.25) is 0 Å². The number of non-ortho nitro benzene ring substituents is 1. The van der Waals surface area contributed by atoms with Crippen molar-refractivity contribution in [3.8, 4) is 11.5 Å². The molecule has 140 valence electrons. The molecule has 12 heteroatoms. The number of halogens is 3. The molecule has 0 amide bonds. The van der Waals surface area contributed by atoms with Crippen molar-refractivity contribution in [3.05, 3.63) is 52.6 Å². The zero-order valence-corrected chi connectivity index (χ0v) is 13.8. The number of nitro groups is 1. The molecular weight excluding hydrogens is 381 g/mol. The molecule has 0 fully saturated rings. The zero-order valence-electron chi connectivity index (χ0n) is 13.0. The number of benzene rings is 2. The van der Waals surface area contributed by atoms with Crippen LogP contribution < -0.4 is 14.2 Å². The maximum absolute atomic E-state index is 12.5. The number of ether oxygens (including phenoxy) is 2. The van der Waals surface area contributed by atoms with Crippen molar-refractivity contribution in [2.45, 2.75) is 11.3 Å². The minimum atomic E-state index is -4.94. The molecule has 0 saturated heterocycles. The summed E-state index contributed by atoms with van der Waals surface area (Å²) in [5, 5.41) is 10.8. The number of nitrogens with one attached hydrogen (secondary N) is 1. The number of hydrogen-bond donors (Lipinski definition) is 1. The summed E-state index contributed by atoms with van der Waals surface area (Å²) in [6.45, 7) is 0. The number of alkyl halides is 3. The molecule has 26 heavy (non-hydrogen) atoms. The molecule has 1 N–H and O–H groups in total. The van der Waals surface area contributed by atoms with Gasteiger partial charge in [-0.25, -0.2) is 8.42 Å². The number of hydrogen-bond acceptors (Lipinski definition) is 6. The predicted molar refractivity (Wildman–Crippen MR) is 83.6 cm³/mol. The first kappa shape index (κ1) is 19.3. The molecule has 0 radical (unpaired) electrons. The monoisotopic (exact) mass is 392 g/mol. The van der Waals surface area contributed by atoms with Gasteiger partial charge >= 0.3 is 6.36 Å². The number of anilines is 1. The Morgan fingerprint density at radius 2 is 1.85 bits per heavy atom. The SMILES string of the molecule is COc1ccc([N+](=O)[O-])cc1S(=O)(=O)Nc1cccc(OC(F)(F)F)c1. The van der Waals surface area contributed by atoms with Gasteiger partial charge in [-0.2, -0.15) is 0 Å². The molecule has 0 unspecified atom stereocenters. The Hall–Kier alpha value is -3.02. The van der Waals surface area contributed by atoms with Gasteiger partial charge in [-0.3, -0.25) is 14.8 Å². The third-order valence-corrected chi connectivity index (χ3v) is 4.37. The van der Waals surface area contributed by atoms with Crippen LogP contribution in [0.15, 0.2) is 47.4 Å². The summed E-state index contributed by atoms with van der Waals surface area (Å²) in [5.41, 5.74) is -0.736. The quantitative estimate of drug-likeness (QED) is 0.597. The highest BCUT2D eigenvalue weighted by Gasteiger charge is 2.31. The largest absolute Gasteiger partial charge is 0.573 e. The molecule has 0 aliphatic carbocycles. The summed E-state index contributed by atoms with van der Waals surface area (Å²) in [4.78, 5) is 9.50. The number of nitrogens with zero attached hydrogens (tertiary/aromatic N) is 1. The molecule has 0 spiro atoms. The van der Waals surface area contributed by atoms with E-state index in [4.69, 9.17) is 4.74 Å². The maximum atomic E-state index is 12.5. The van der Waals surface area contributed by atoms with E-state index in [1.54, 1.807) is 0 Å². The lowest BCUT2D eigenvalue weighted by Gasteiger charge is -2.13. The van der Waals surface area contributed by atoms with E-state index >= 15 is 0 Å². The van der Waals surface area contributed by atoms with Crippen LogP contribution in [0.4, 0.5) is 24.5 Å². The van der Waals surface area contributed by atoms with Crippen molar-refractivity contribution in [2.24, 2.45) is 0 Å². The maximum Gasteiger partial charge on any atom is 0.573 e. The van der Waals surface area contributed by atoms with E-state index in [0.29, 0.717) is 0 Å². The van der Waals surface area contributed by atoms with Crippen LogP contribution in [0.25, 0.3) is 0 Å². The Labute approximate surface area is 145 Å². The van der Waals surface area contributed by atoms with Gasteiger partial charge in [0.25, 0.3) is 15.7 Å². The van der Waals surface area contributed by atoms with Crippen LogP contribution >= 0.6 is 0 Å². The summed E-state index contributed by atoms with van der Waals surface area (Å²) in [7, 11) is -3.22. The molecule has 0 aliphatic heterocycles. The van der Waals surface area contributed by atoms with Gasteiger partial charge in [-0.1, -0.05) is 6.07 Å². The van der Waals surface area contributed by atoms with Crippen LogP contribution in [-0.4, -0.2) is 26.8 Å². The zero-order chi connectivity index (χ0) is 19.5. The van der Waals surface area contributed by atoms with Crippen molar-refractivity contribution in [3.63, 3.8) is 0 Å². The van der Waals surface area contributed by atoms with E-state index in [-0.39, 0.29) is 11.4 Å². The average Bonchev–Trinajstić information content (AvgIpc) is 2.52. The first-order chi connectivity index (χ1) is 12.0. The first-order valence-corrected chi connectivity index (χ1v) is 8.21. The van der Waals surface area contributed by atoms with Crippen molar-refractivity contribution in [1.29, 1.82) is 0 Å².